The largest absolute Gasteiger partial charge is 0.388 e. The zero-order chi connectivity index (χ0) is 37.8. The highest BCUT2D eigenvalue weighted by Gasteiger charge is 2.51. The van der Waals surface area contributed by atoms with Crippen LogP contribution in [0, 0.1) is 16.7 Å². The Balaban J connectivity index is 1.42. The molecule has 282 valence electrons. The Labute approximate surface area is 310 Å². The number of ketones is 1. The van der Waals surface area contributed by atoms with Gasteiger partial charge >= 0.3 is 0 Å². The number of rotatable bonds is 14. The smallest absolute Gasteiger partial charge is 0.289 e. The number of hydrogen-bond donors (Lipinski definition) is 5. The molecule has 2 aliphatic carbocycles. The van der Waals surface area contributed by atoms with E-state index in [-0.39, 0.29) is 49.4 Å². The van der Waals surface area contributed by atoms with Crippen LogP contribution in [0.15, 0.2) is 30.5 Å². The molecule has 1 aliphatic heterocycles. The van der Waals surface area contributed by atoms with Crippen LogP contribution in [0.3, 0.4) is 0 Å². The molecule has 52 heavy (non-hydrogen) atoms. The van der Waals surface area contributed by atoms with Gasteiger partial charge in [-0.1, -0.05) is 71.0 Å². The van der Waals surface area contributed by atoms with Gasteiger partial charge in [-0.15, -0.1) is 0 Å². The van der Waals surface area contributed by atoms with E-state index < -0.39 is 52.6 Å². The van der Waals surface area contributed by atoms with Crippen molar-refractivity contribution in [3.05, 3.63) is 41.0 Å². The van der Waals surface area contributed by atoms with Gasteiger partial charge in [-0.05, 0) is 61.6 Å². The second-order valence-electron chi connectivity index (χ2n) is 16.1. The first-order chi connectivity index (χ1) is 24.6. The second kappa shape index (κ2) is 16.4. The molecule has 12 nitrogen and oxygen atoms in total. The summed E-state index contributed by atoms with van der Waals surface area (Å²) in [7, 11) is 0. The fraction of sp³-hybridized carbons (Fsp3) is 0.615. The zero-order valence-electron chi connectivity index (χ0n) is 30.7. The third-order valence-electron chi connectivity index (χ3n) is 10.5. The Morgan fingerprint density at radius 3 is 2.44 bits per heavy atom. The maximum atomic E-state index is 14.6. The molecule has 1 saturated heterocycles. The van der Waals surface area contributed by atoms with Gasteiger partial charge in [0, 0.05) is 53.2 Å². The molecule has 5 rings (SSSR count). The van der Waals surface area contributed by atoms with E-state index in [4.69, 9.17) is 17.0 Å². The average Bonchev–Trinajstić information content (AvgIpc) is 3.84. The van der Waals surface area contributed by atoms with Gasteiger partial charge in [0.25, 0.3) is 5.91 Å². The van der Waals surface area contributed by atoms with Crippen LogP contribution < -0.4 is 16.0 Å². The first-order valence-corrected chi connectivity index (χ1v) is 19.1. The van der Waals surface area contributed by atoms with Crippen molar-refractivity contribution >= 4 is 57.6 Å². The SMILES string of the molecule is CCC[C@H](NC(=O)[C@@H]1C[C@](O)(CC(=N)c2cc(Cl)cc3cccnc23)CN1C(=O)[C@@H](NC(=O)CC1CCCCC1)C(C)(C)C)C(=O)C(=O)NC1CC1. The number of aromatic nitrogens is 1. The van der Waals surface area contributed by atoms with Crippen molar-refractivity contribution in [2.75, 3.05) is 6.54 Å². The number of fused-ring (bicyclic) bond motifs is 1. The molecule has 0 radical (unpaired) electrons. The summed E-state index contributed by atoms with van der Waals surface area (Å²) in [5, 5.41) is 30.7. The highest BCUT2D eigenvalue weighted by atomic mass is 35.5. The van der Waals surface area contributed by atoms with Gasteiger partial charge in [-0.2, -0.15) is 0 Å². The number of Topliss-reactive ketones (excluding diaryl/α,β-unsaturated/α-hetero) is 1. The standard InChI is InChI=1S/C39H53ClN6O6/c1-5-10-29(33(48)36(50)43-26-14-15-26)44-35(49)30-21-39(52,20-28(41)27-19-25(40)18-24-13-9-16-42-32(24)27)22-46(30)37(51)34(38(2,3)4)45-31(47)17-23-11-7-6-8-12-23/h9,13,16,18-19,23,26,29-30,34,41,52H,5-8,10-12,14-15,17,20-22H2,1-4H3,(H,43,50)(H,44,49)(H,45,47)/t29-,30-,34+,39+/m0/s1. The number of benzene rings is 1. The van der Waals surface area contributed by atoms with E-state index in [1.807, 2.05) is 33.8 Å². The highest BCUT2D eigenvalue weighted by Crippen LogP contribution is 2.36. The number of carbonyl (C=O) groups excluding carboxylic acids is 5. The summed E-state index contributed by atoms with van der Waals surface area (Å²) in [5.74, 6) is -2.77. The lowest BCUT2D eigenvalue weighted by atomic mass is 9.84. The van der Waals surface area contributed by atoms with Crippen LogP contribution in [-0.4, -0.2) is 86.4 Å². The Hall–Kier alpha value is -3.90. The van der Waals surface area contributed by atoms with Gasteiger partial charge in [0.1, 0.15) is 12.1 Å². The normalized spacial score (nSPS) is 22.0. The number of likely N-dealkylation sites (tertiary alicyclic amines) is 1. The van der Waals surface area contributed by atoms with Gasteiger partial charge in [-0.3, -0.25) is 29.0 Å². The van der Waals surface area contributed by atoms with E-state index in [0.717, 1.165) is 50.3 Å². The van der Waals surface area contributed by atoms with Crippen LogP contribution in [0.5, 0.6) is 0 Å². The minimum atomic E-state index is -1.74. The van der Waals surface area contributed by atoms with Crippen LogP contribution in [0.2, 0.25) is 5.02 Å². The van der Waals surface area contributed by atoms with Gasteiger partial charge in [-0.25, -0.2) is 0 Å². The Morgan fingerprint density at radius 1 is 1.08 bits per heavy atom. The van der Waals surface area contributed by atoms with E-state index in [2.05, 4.69) is 20.9 Å². The summed E-state index contributed by atoms with van der Waals surface area (Å²) in [6.07, 6.45) is 8.94. The molecule has 13 heteroatoms. The van der Waals surface area contributed by atoms with Crippen molar-refractivity contribution in [3.8, 4) is 0 Å². The van der Waals surface area contributed by atoms with E-state index in [1.165, 1.54) is 4.90 Å². The molecule has 1 aromatic carbocycles. The van der Waals surface area contributed by atoms with Crippen LogP contribution in [-0.2, 0) is 24.0 Å². The van der Waals surface area contributed by atoms with Gasteiger partial charge in [0.2, 0.25) is 23.5 Å². The molecule has 1 aromatic heterocycles. The Kier molecular flexibility index (Phi) is 12.4. The van der Waals surface area contributed by atoms with Crippen molar-refractivity contribution < 1.29 is 29.1 Å². The predicted molar refractivity (Wildman–Crippen MR) is 199 cm³/mol. The first-order valence-electron chi connectivity index (χ1n) is 18.7. The molecule has 3 aliphatic rings. The molecule has 2 saturated carbocycles. The van der Waals surface area contributed by atoms with Gasteiger partial charge in [0.15, 0.2) is 0 Å². The minimum absolute atomic E-state index is 0.0195. The fourth-order valence-electron chi connectivity index (χ4n) is 7.52. The molecule has 2 aromatic rings. The van der Waals surface area contributed by atoms with Crippen LogP contribution >= 0.6 is 11.6 Å². The zero-order valence-corrected chi connectivity index (χ0v) is 31.5. The molecule has 0 unspecified atom stereocenters. The molecule has 5 N–H and O–H groups in total. The van der Waals surface area contributed by atoms with E-state index in [1.54, 1.807) is 24.4 Å². The molecule has 2 heterocycles. The number of hydrogen-bond acceptors (Lipinski definition) is 8. The molecule has 0 spiro atoms. The van der Waals surface area contributed by atoms with E-state index in [0.29, 0.717) is 28.9 Å². The van der Waals surface area contributed by atoms with Crippen molar-refractivity contribution in [1.29, 1.82) is 5.41 Å². The van der Waals surface area contributed by atoms with E-state index in [9.17, 15) is 29.1 Å². The first kappa shape index (κ1) is 39.3. The average molecular weight is 737 g/mol. The van der Waals surface area contributed by atoms with Crippen LogP contribution in [0.1, 0.15) is 110 Å². The third-order valence-corrected chi connectivity index (χ3v) is 10.7. The minimum Gasteiger partial charge on any atom is -0.388 e. The lowest BCUT2D eigenvalue weighted by molar-refractivity contribution is -0.145. The Morgan fingerprint density at radius 2 is 1.79 bits per heavy atom. The van der Waals surface area contributed by atoms with E-state index >= 15 is 0 Å². The number of nitrogens with one attached hydrogen (secondary N) is 4. The fourth-order valence-corrected chi connectivity index (χ4v) is 7.75. The van der Waals surface area contributed by atoms with Crippen molar-refractivity contribution in [2.45, 2.75) is 135 Å². The van der Waals surface area contributed by atoms with Crippen molar-refractivity contribution in [1.82, 2.24) is 25.8 Å². The van der Waals surface area contributed by atoms with Gasteiger partial charge < -0.3 is 31.4 Å². The highest BCUT2D eigenvalue weighted by molar-refractivity contribution is 6.38. The molecular formula is C39H53ClN6O6. The molecule has 3 fully saturated rings. The van der Waals surface area contributed by atoms with Crippen molar-refractivity contribution in [3.63, 3.8) is 0 Å². The molecule has 0 bridgehead atoms. The number of amides is 4. The maximum Gasteiger partial charge on any atom is 0.289 e. The number of carbonyl (C=O) groups is 5. The number of nitrogens with zero attached hydrogens (tertiary/aromatic N) is 2. The second-order valence-corrected chi connectivity index (χ2v) is 16.6. The quantitative estimate of drug-likeness (QED) is 0.139. The summed E-state index contributed by atoms with van der Waals surface area (Å²) in [6, 6.07) is 3.47. The summed E-state index contributed by atoms with van der Waals surface area (Å²) in [6.45, 7) is 7.01. The van der Waals surface area contributed by atoms with Crippen LogP contribution in [0.25, 0.3) is 10.9 Å². The number of halogens is 1. The van der Waals surface area contributed by atoms with Crippen LogP contribution in [0.4, 0.5) is 0 Å². The topological polar surface area (TPSA) is 182 Å². The molecular weight excluding hydrogens is 684 g/mol. The maximum absolute atomic E-state index is 14.6. The number of β-amino-alcohol motifs (C(OH)–C–C–N with tert-alkyl or cyclic N) is 1. The van der Waals surface area contributed by atoms with Crippen molar-refractivity contribution in [2.24, 2.45) is 11.3 Å². The molecule has 4 amide bonds. The lowest BCUT2D eigenvalue weighted by Gasteiger charge is -2.36. The summed E-state index contributed by atoms with van der Waals surface area (Å²) in [4.78, 5) is 73.7. The van der Waals surface area contributed by atoms with Gasteiger partial charge in [0.05, 0.1) is 23.7 Å². The predicted octanol–water partition coefficient (Wildman–Crippen LogP) is 4.61. The monoisotopic (exact) mass is 736 g/mol. The number of aliphatic hydroxyl groups is 1. The summed E-state index contributed by atoms with van der Waals surface area (Å²) < 4.78 is 0. The lowest BCUT2D eigenvalue weighted by Crippen LogP contribution is -2.59. The molecule has 4 atom stereocenters. The summed E-state index contributed by atoms with van der Waals surface area (Å²) >= 11 is 6.40. The summed E-state index contributed by atoms with van der Waals surface area (Å²) in [5.41, 5.74) is -1.54. The Bertz CT molecular complexity index is 1700. The third kappa shape index (κ3) is 9.74. The number of pyridine rings is 1.